The monoisotopic (exact) mass is 1160 g/mol. The molecule has 1 saturated heterocycles. The van der Waals surface area contributed by atoms with Crippen LogP contribution in [0.3, 0.4) is 0 Å². The summed E-state index contributed by atoms with van der Waals surface area (Å²) < 4.78 is 28.5. The van der Waals surface area contributed by atoms with E-state index < -0.39 is 67.3 Å². The number of carboxylic acid groups (broad SMARTS) is 1. The van der Waals surface area contributed by atoms with E-state index in [9.17, 15) is 34.5 Å². The molecule has 1 aliphatic rings. The number of aliphatic hydroxyl groups is 2. The molecule has 1 heterocycles. The second-order valence-corrected chi connectivity index (χ2v) is 21.2. The zero-order chi connectivity index (χ0) is 60.3. The number of carbonyl (C=O) groups excluding carboxylic acids is 3. The van der Waals surface area contributed by atoms with E-state index in [1.807, 2.05) is 0 Å². The molecule has 0 spiro atoms. The van der Waals surface area contributed by atoms with Gasteiger partial charge in [0.05, 0.1) is 6.61 Å². The Hall–Kier alpha value is -5.14. The highest BCUT2D eigenvalue weighted by molar-refractivity contribution is 5.74. The van der Waals surface area contributed by atoms with Gasteiger partial charge in [-0.1, -0.05) is 225 Å². The molecular weight excluding hydrogens is 1040 g/mol. The first-order valence-electron chi connectivity index (χ1n) is 32.2. The SMILES string of the molecule is CC/C=C\C/C=C\C/C=C\C/C=C\CCCCCCCCC(=O)OCC(COC1OC(C(=O)O)C(O)C(O)C1OC(=O)CCCCCC/C=C\C/C=C\C/C=C\C/C=C\CC)OC(=O)CCCCCCCCC/C=C\C/C=C\C/C=C\CC. The van der Waals surface area contributed by atoms with Gasteiger partial charge >= 0.3 is 23.9 Å². The van der Waals surface area contributed by atoms with E-state index in [1.54, 1.807) is 0 Å². The molecule has 468 valence electrons. The van der Waals surface area contributed by atoms with E-state index in [2.05, 4.69) is 154 Å². The second-order valence-electron chi connectivity index (χ2n) is 21.2. The standard InChI is InChI=1S/C71H112O12/c1-4-7-10-13-16-19-22-25-28-31-32-35-36-39-42-45-48-51-54-57-63(72)79-60-62(81-64(73)58-55-52-49-46-43-40-37-33-29-26-23-20-17-14-11-8-5-2)61-80-71-69(67(76)66(75)68(83-71)70(77)78)82-65(74)59-56-53-50-47-44-41-38-34-30-27-24-21-18-15-12-9-6-3/h7-12,16-21,25-30,32,35,38,41,62,66-69,71,75-76H,4-6,13-15,22-24,31,33-34,36-37,39-40,42-61H2,1-3H3,(H,77,78)/b10-7-,11-8-,12-9-,19-16-,20-17-,21-18-,28-25-,29-26-,30-27-,35-32-,41-38-. The van der Waals surface area contributed by atoms with Gasteiger partial charge in [-0.15, -0.1) is 0 Å². The van der Waals surface area contributed by atoms with Crippen molar-refractivity contribution in [3.63, 3.8) is 0 Å². The molecule has 0 saturated carbocycles. The lowest BCUT2D eigenvalue weighted by molar-refractivity contribution is -0.301. The van der Waals surface area contributed by atoms with Crippen LogP contribution in [-0.4, -0.2) is 89.2 Å². The molecule has 6 atom stereocenters. The van der Waals surface area contributed by atoms with Crippen molar-refractivity contribution >= 4 is 23.9 Å². The minimum atomic E-state index is -1.92. The van der Waals surface area contributed by atoms with Gasteiger partial charge in [0, 0.05) is 19.3 Å². The summed E-state index contributed by atoms with van der Waals surface area (Å²) in [6, 6.07) is 0. The maximum atomic E-state index is 13.2. The van der Waals surface area contributed by atoms with E-state index in [1.165, 1.54) is 0 Å². The second kappa shape index (κ2) is 57.3. The fraction of sp³-hybridized carbons (Fsp3) is 0.634. The first-order valence-corrected chi connectivity index (χ1v) is 32.2. The summed E-state index contributed by atoms with van der Waals surface area (Å²) in [5.74, 6) is -3.20. The van der Waals surface area contributed by atoms with Crippen LogP contribution in [0.25, 0.3) is 0 Å². The summed E-state index contributed by atoms with van der Waals surface area (Å²) in [5, 5.41) is 31.6. The Morgan fingerprint density at radius 3 is 1.10 bits per heavy atom. The normalized spacial score (nSPS) is 18.5. The molecular formula is C71H112O12. The number of hydrogen-bond acceptors (Lipinski definition) is 11. The average molecular weight is 1160 g/mol. The number of carbonyl (C=O) groups is 4. The van der Waals surface area contributed by atoms with Gasteiger partial charge in [0.15, 0.2) is 24.6 Å². The smallest absolute Gasteiger partial charge is 0.335 e. The highest BCUT2D eigenvalue weighted by Gasteiger charge is 2.50. The van der Waals surface area contributed by atoms with Crippen molar-refractivity contribution in [2.24, 2.45) is 0 Å². The number of rotatable bonds is 53. The zero-order valence-corrected chi connectivity index (χ0v) is 51.6. The minimum absolute atomic E-state index is 0.0228. The van der Waals surface area contributed by atoms with Crippen LogP contribution < -0.4 is 0 Å². The van der Waals surface area contributed by atoms with E-state index in [-0.39, 0.29) is 25.9 Å². The molecule has 0 bridgehead atoms. The molecule has 12 heteroatoms. The van der Waals surface area contributed by atoms with Gasteiger partial charge in [0.25, 0.3) is 0 Å². The van der Waals surface area contributed by atoms with Crippen LogP contribution in [0, 0.1) is 0 Å². The Kier molecular flexibility index (Phi) is 52.4. The third-order valence-corrected chi connectivity index (χ3v) is 13.7. The number of hydrogen-bond donors (Lipinski definition) is 3. The lowest BCUT2D eigenvalue weighted by atomic mass is 9.98. The number of unbranched alkanes of at least 4 members (excludes halogenated alkanes) is 17. The first kappa shape index (κ1) is 75.9. The largest absolute Gasteiger partial charge is 0.479 e. The van der Waals surface area contributed by atoms with E-state index in [0.717, 1.165) is 180 Å². The number of esters is 3. The van der Waals surface area contributed by atoms with Crippen LogP contribution >= 0.6 is 0 Å². The maximum Gasteiger partial charge on any atom is 0.335 e. The number of aliphatic carboxylic acids is 1. The van der Waals surface area contributed by atoms with Gasteiger partial charge in [0.1, 0.15) is 18.8 Å². The van der Waals surface area contributed by atoms with Crippen molar-refractivity contribution in [2.75, 3.05) is 13.2 Å². The topological polar surface area (TPSA) is 175 Å². The Bertz CT molecular complexity index is 1950. The summed E-state index contributed by atoms with van der Waals surface area (Å²) in [7, 11) is 0. The lowest BCUT2D eigenvalue weighted by Crippen LogP contribution is -2.61. The molecule has 0 aromatic rings. The molecule has 0 radical (unpaired) electrons. The summed E-state index contributed by atoms with van der Waals surface area (Å²) in [5.41, 5.74) is 0. The Morgan fingerprint density at radius 2 is 0.723 bits per heavy atom. The van der Waals surface area contributed by atoms with Gasteiger partial charge < -0.3 is 39.0 Å². The van der Waals surface area contributed by atoms with E-state index in [4.69, 9.17) is 23.7 Å². The molecule has 3 N–H and O–H groups in total. The quantitative estimate of drug-likeness (QED) is 0.0228. The van der Waals surface area contributed by atoms with Crippen LogP contribution in [0.1, 0.15) is 239 Å². The Balaban J connectivity index is 2.70. The van der Waals surface area contributed by atoms with Crippen molar-refractivity contribution in [3.05, 3.63) is 134 Å². The van der Waals surface area contributed by atoms with Crippen molar-refractivity contribution in [1.82, 2.24) is 0 Å². The highest BCUT2D eigenvalue weighted by Crippen LogP contribution is 2.26. The molecule has 0 amide bonds. The zero-order valence-electron chi connectivity index (χ0n) is 51.6. The highest BCUT2D eigenvalue weighted by atomic mass is 16.7. The molecule has 6 unspecified atom stereocenters. The number of allylic oxidation sites excluding steroid dienone is 22. The molecule has 83 heavy (non-hydrogen) atoms. The predicted octanol–water partition coefficient (Wildman–Crippen LogP) is 17.3. The van der Waals surface area contributed by atoms with Crippen molar-refractivity contribution < 1.29 is 58.2 Å². The van der Waals surface area contributed by atoms with Crippen LogP contribution in [0.15, 0.2) is 134 Å². The maximum absolute atomic E-state index is 13.2. The number of ether oxygens (including phenoxy) is 5. The molecule has 1 aliphatic heterocycles. The first-order chi connectivity index (χ1) is 40.6. The van der Waals surface area contributed by atoms with Crippen molar-refractivity contribution in [1.29, 1.82) is 0 Å². The van der Waals surface area contributed by atoms with Crippen LogP contribution in [0.5, 0.6) is 0 Å². The molecule has 1 fully saturated rings. The number of aliphatic hydroxyl groups excluding tert-OH is 2. The van der Waals surface area contributed by atoms with Gasteiger partial charge in [-0.05, 0) is 128 Å². The van der Waals surface area contributed by atoms with Gasteiger partial charge in [-0.25, -0.2) is 4.79 Å². The molecule has 0 aromatic heterocycles. The molecule has 12 nitrogen and oxygen atoms in total. The fourth-order valence-corrected chi connectivity index (χ4v) is 8.89. The van der Waals surface area contributed by atoms with E-state index >= 15 is 0 Å². The molecule has 0 aromatic carbocycles. The third kappa shape index (κ3) is 46.9. The lowest BCUT2D eigenvalue weighted by Gasteiger charge is -2.40. The van der Waals surface area contributed by atoms with Crippen LogP contribution in [-0.2, 0) is 42.9 Å². The predicted molar refractivity (Wildman–Crippen MR) is 340 cm³/mol. The van der Waals surface area contributed by atoms with Crippen molar-refractivity contribution in [2.45, 2.75) is 276 Å². The third-order valence-electron chi connectivity index (χ3n) is 13.7. The van der Waals surface area contributed by atoms with Gasteiger partial charge in [-0.2, -0.15) is 0 Å². The van der Waals surface area contributed by atoms with Gasteiger partial charge in [0.2, 0.25) is 0 Å². The summed E-state index contributed by atoms with van der Waals surface area (Å²) >= 11 is 0. The molecule has 1 rings (SSSR count). The summed E-state index contributed by atoms with van der Waals surface area (Å²) in [6.45, 7) is 5.63. The fourth-order valence-electron chi connectivity index (χ4n) is 8.89. The minimum Gasteiger partial charge on any atom is -0.479 e. The van der Waals surface area contributed by atoms with Crippen LogP contribution in [0.4, 0.5) is 0 Å². The Labute approximate surface area is 502 Å². The average Bonchev–Trinajstić information content (AvgIpc) is 3.59. The summed E-state index contributed by atoms with van der Waals surface area (Å²) in [6.07, 6.45) is 68.3. The Morgan fingerprint density at radius 1 is 0.398 bits per heavy atom. The van der Waals surface area contributed by atoms with Gasteiger partial charge in [-0.3, -0.25) is 14.4 Å². The van der Waals surface area contributed by atoms with Crippen molar-refractivity contribution in [3.8, 4) is 0 Å². The van der Waals surface area contributed by atoms with Crippen LogP contribution in [0.2, 0.25) is 0 Å². The summed E-state index contributed by atoms with van der Waals surface area (Å²) in [4.78, 5) is 51.4. The van der Waals surface area contributed by atoms with E-state index in [0.29, 0.717) is 19.3 Å². The molecule has 0 aliphatic carbocycles. The number of carboxylic acids is 1.